The van der Waals surface area contributed by atoms with Gasteiger partial charge in [0.1, 0.15) is 4.90 Å². The second-order valence-electron chi connectivity index (χ2n) is 4.11. The van der Waals surface area contributed by atoms with Crippen molar-refractivity contribution in [2.45, 2.75) is 18.7 Å². The Morgan fingerprint density at radius 3 is 2.37 bits per heavy atom. The molecular weight excluding hydrogens is 286 g/mol. The summed E-state index contributed by atoms with van der Waals surface area (Å²) >= 11 is 5.53. The minimum atomic E-state index is -3.70. The third kappa shape index (κ3) is 3.21. The van der Waals surface area contributed by atoms with Crippen LogP contribution in [0.25, 0.3) is 0 Å². The smallest absolute Gasteiger partial charge is 0.264 e. The van der Waals surface area contributed by atoms with Crippen LogP contribution in [-0.2, 0) is 10.0 Å². The van der Waals surface area contributed by atoms with Crippen molar-refractivity contribution in [3.63, 3.8) is 0 Å². The number of anilines is 1. The normalized spacial score (nSPS) is 11.3. The Balaban J connectivity index is 2.33. The minimum absolute atomic E-state index is 0.00506. The van der Waals surface area contributed by atoms with Gasteiger partial charge in [-0.25, -0.2) is 18.4 Å². The molecule has 1 heterocycles. The lowest BCUT2D eigenvalue weighted by molar-refractivity contribution is 0.600. The van der Waals surface area contributed by atoms with Gasteiger partial charge in [-0.15, -0.1) is 0 Å². The molecule has 1 N–H and O–H groups in total. The summed E-state index contributed by atoms with van der Waals surface area (Å²) in [6, 6.07) is 5.46. The van der Waals surface area contributed by atoms with Crippen molar-refractivity contribution in [1.29, 1.82) is 0 Å². The first-order valence-electron chi connectivity index (χ1n) is 5.46. The molecule has 100 valence electrons. The third-order valence-electron chi connectivity index (χ3n) is 2.53. The van der Waals surface area contributed by atoms with Gasteiger partial charge in [0.15, 0.2) is 0 Å². The molecule has 0 saturated heterocycles. The Bertz CT molecular complexity index is 699. The van der Waals surface area contributed by atoms with Crippen LogP contribution >= 0.6 is 11.6 Å². The second-order valence-corrected chi connectivity index (χ2v) is 6.13. The van der Waals surface area contributed by atoms with E-state index in [2.05, 4.69) is 14.7 Å². The summed E-state index contributed by atoms with van der Waals surface area (Å²) in [5, 5.41) is 0.00506. The first-order valence-corrected chi connectivity index (χ1v) is 7.32. The minimum Gasteiger partial charge on any atom is -0.279 e. The lowest BCUT2D eigenvalue weighted by atomic mass is 10.1. The van der Waals surface area contributed by atoms with E-state index in [1.165, 1.54) is 12.4 Å². The number of hydrogen-bond acceptors (Lipinski definition) is 4. The van der Waals surface area contributed by atoms with E-state index < -0.39 is 10.0 Å². The molecule has 7 heteroatoms. The number of nitrogens with one attached hydrogen (secondary N) is 1. The van der Waals surface area contributed by atoms with E-state index in [1.54, 1.807) is 6.07 Å². The molecule has 0 aliphatic carbocycles. The molecule has 0 amide bonds. The molecular formula is C12H12ClN3O2S. The van der Waals surface area contributed by atoms with E-state index >= 15 is 0 Å². The molecule has 0 spiro atoms. The number of aryl methyl sites for hydroxylation is 2. The SMILES string of the molecule is Cc1ccc(NS(=O)(=O)c2cnc(Cl)nc2)c(C)c1. The van der Waals surface area contributed by atoms with Crippen LogP contribution in [-0.4, -0.2) is 18.4 Å². The number of nitrogens with zero attached hydrogens (tertiary/aromatic N) is 2. The summed E-state index contributed by atoms with van der Waals surface area (Å²) in [5.74, 6) is 0. The molecule has 0 fully saturated rings. The van der Waals surface area contributed by atoms with E-state index in [9.17, 15) is 8.42 Å². The molecule has 1 aromatic carbocycles. The summed E-state index contributed by atoms with van der Waals surface area (Å²) < 4.78 is 26.7. The molecule has 0 aliphatic rings. The zero-order valence-electron chi connectivity index (χ0n) is 10.4. The molecule has 1 aromatic heterocycles. The van der Waals surface area contributed by atoms with Gasteiger partial charge in [0, 0.05) is 0 Å². The van der Waals surface area contributed by atoms with Crippen molar-refractivity contribution in [1.82, 2.24) is 9.97 Å². The van der Waals surface area contributed by atoms with Gasteiger partial charge in [0.2, 0.25) is 5.28 Å². The average Bonchev–Trinajstić information content (AvgIpc) is 2.33. The molecule has 0 aliphatic heterocycles. The highest BCUT2D eigenvalue weighted by molar-refractivity contribution is 7.92. The van der Waals surface area contributed by atoms with E-state index in [4.69, 9.17) is 11.6 Å². The molecule has 19 heavy (non-hydrogen) atoms. The third-order valence-corrected chi connectivity index (χ3v) is 4.05. The van der Waals surface area contributed by atoms with Crippen LogP contribution in [0.5, 0.6) is 0 Å². The first-order chi connectivity index (χ1) is 8.88. The zero-order valence-corrected chi connectivity index (χ0v) is 12.0. The molecule has 5 nitrogen and oxygen atoms in total. The van der Waals surface area contributed by atoms with Crippen LogP contribution < -0.4 is 4.72 Å². The summed E-state index contributed by atoms with van der Waals surface area (Å²) in [6.07, 6.45) is 2.34. The maximum atomic E-state index is 12.1. The topological polar surface area (TPSA) is 72.0 Å². The van der Waals surface area contributed by atoms with Crippen molar-refractivity contribution in [2.24, 2.45) is 0 Å². The largest absolute Gasteiger partial charge is 0.279 e. The maximum absolute atomic E-state index is 12.1. The van der Waals surface area contributed by atoms with Gasteiger partial charge in [-0.05, 0) is 37.1 Å². The number of halogens is 1. The Kier molecular flexibility index (Phi) is 3.73. The van der Waals surface area contributed by atoms with E-state index in [0.29, 0.717) is 5.69 Å². The predicted octanol–water partition coefficient (Wildman–Crippen LogP) is 2.55. The van der Waals surface area contributed by atoms with Crippen LogP contribution in [0.15, 0.2) is 35.5 Å². The van der Waals surface area contributed by atoms with Gasteiger partial charge in [0.05, 0.1) is 18.1 Å². The Hall–Kier alpha value is -1.66. The average molecular weight is 298 g/mol. The molecule has 0 unspecified atom stereocenters. The summed E-state index contributed by atoms with van der Waals surface area (Å²) in [6.45, 7) is 3.78. The molecule has 0 atom stereocenters. The van der Waals surface area contributed by atoms with Gasteiger partial charge in [-0.3, -0.25) is 4.72 Å². The first kappa shape index (κ1) is 13.8. The molecule has 0 saturated carbocycles. The van der Waals surface area contributed by atoms with E-state index in [0.717, 1.165) is 11.1 Å². The standard InChI is InChI=1S/C12H12ClN3O2S/c1-8-3-4-11(9(2)5-8)16-19(17,18)10-6-14-12(13)15-7-10/h3-7,16H,1-2H3. The van der Waals surface area contributed by atoms with Crippen LogP contribution in [0.1, 0.15) is 11.1 Å². The summed E-state index contributed by atoms with van der Waals surface area (Å²) in [4.78, 5) is 7.29. The fourth-order valence-corrected chi connectivity index (χ4v) is 2.69. The lowest BCUT2D eigenvalue weighted by Crippen LogP contribution is -2.14. The Morgan fingerprint density at radius 2 is 1.79 bits per heavy atom. The van der Waals surface area contributed by atoms with E-state index in [-0.39, 0.29) is 10.2 Å². The number of sulfonamides is 1. The number of aromatic nitrogens is 2. The zero-order chi connectivity index (χ0) is 14.0. The van der Waals surface area contributed by atoms with Crippen LogP contribution in [0.3, 0.4) is 0 Å². The van der Waals surface area contributed by atoms with Gasteiger partial charge in [0.25, 0.3) is 10.0 Å². The van der Waals surface area contributed by atoms with Crippen molar-refractivity contribution in [2.75, 3.05) is 4.72 Å². The quantitative estimate of drug-likeness (QED) is 0.884. The second kappa shape index (κ2) is 5.14. The predicted molar refractivity (Wildman–Crippen MR) is 73.8 cm³/mol. The van der Waals surface area contributed by atoms with Crippen LogP contribution in [0, 0.1) is 13.8 Å². The van der Waals surface area contributed by atoms with Gasteiger partial charge in [-0.1, -0.05) is 17.7 Å². The van der Waals surface area contributed by atoms with Crippen molar-refractivity contribution < 1.29 is 8.42 Å². The number of hydrogen-bond donors (Lipinski definition) is 1. The summed E-state index contributed by atoms with van der Waals surface area (Å²) in [5.41, 5.74) is 2.44. The highest BCUT2D eigenvalue weighted by atomic mass is 35.5. The van der Waals surface area contributed by atoms with Gasteiger partial charge in [-0.2, -0.15) is 0 Å². The van der Waals surface area contributed by atoms with Crippen molar-refractivity contribution in [3.8, 4) is 0 Å². The Morgan fingerprint density at radius 1 is 1.16 bits per heavy atom. The van der Waals surface area contributed by atoms with E-state index in [1.807, 2.05) is 26.0 Å². The van der Waals surface area contributed by atoms with Crippen LogP contribution in [0.4, 0.5) is 5.69 Å². The maximum Gasteiger partial charge on any atom is 0.264 e. The monoisotopic (exact) mass is 297 g/mol. The van der Waals surface area contributed by atoms with Crippen molar-refractivity contribution >= 4 is 27.3 Å². The number of rotatable bonds is 3. The molecule has 0 bridgehead atoms. The molecule has 2 rings (SSSR count). The number of benzene rings is 1. The van der Waals surface area contributed by atoms with Crippen LogP contribution in [0.2, 0.25) is 5.28 Å². The Labute approximate surface area is 116 Å². The van der Waals surface area contributed by atoms with Gasteiger partial charge >= 0.3 is 0 Å². The van der Waals surface area contributed by atoms with Gasteiger partial charge < -0.3 is 0 Å². The summed E-state index contributed by atoms with van der Waals surface area (Å²) in [7, 11) is -3.70. The lowest BCUT2D eigenvalue weighted by Gasteiger charge is -2.10. The van der Waals surface area contributed by atoms with Crippen molar-refractivity contribution in [3.05, 3.63) is 47.0 Å². The fraction of sp³-hybridized carbons (Fsp3) is 0.167. The highest BCUT2D eigenvalue weighted by Crippen LogP contribution is 2.20. The molecule has 2 aromatic rings. The molecule has 0 radical (unpaired) electrons. The fourth-order valence-electron chi connectivity index (χ4n) is 1.57. The highest BCUT2D eigenvalue weighted by Gasteiger charge is 2.16.